The van der Waals surface area contributed by atoms with E-state index in [0.29, 0.717) is 16.3 Å². The zero-order valence-corrected chi connectivity index (χ0v) is 13.4. The molecular formula is C15H17ClN2O2S. The molecule has 0 amide bonds. The molecule has 4 nitrogen and oxygen atoms in total. The normalized spacial score (nSPS) is 11.4. The van der Waals surface area contributed by atoms with Crippen LogP contribution in [0, 0.1) is 13.8 Å². The lowest BCUT2D eigenvalue weighted by molar-refractivity contribution is 0.601. The quantitative estimate of drug-likeness (QED) is 0.907. The number of nitrogens with one attached hydrogen (secondary N) is 1. The zero-order valence-electron chi connectivity index (χ0n) is 11.9. The van der Waals surface area contributed by atoms with E-state index in [4.69, 9.17) is 17.3 Å². The molecule has 0 atom stereocenters. The van der Waals surface area contributed by atoms with Crippen molar-refractivity contribution < 1.29 is 8.42 Å². The van der Waals surface area contributed by atoms with E-state index in [1.54, 1.807) is 12.1 Å². The maximum absolute atomic E-state index is 12.4. The van der Waals surface area contributed by atoms with Crippen molar-refractivity contribution in [3.63, 3.8) is 0 Å². The number of halogens is 1. The van der Waals surface area contributed by atoms with Gasteiger partial charge in [-0.25, -0.2) is 8.42 Å². The fourth-order valence-corrected chi connectivity index (χ4v) is 3.38. The molecule has 2 aromatic carbocycles. The number of hydrogen-bond acceptors (Lipinski definition) is 3. The van der Waals surface area contributed by atoms with Gasteiger partial charge in [0.15, 0.2) is 0 Å². The number of nitrogens with two attached hydrogens (primary N) is 1. The highest BCUT2D eigenvalue weighted by atomic mass is 35.5. The second-order valence-electron chi connectivity index (χ2n) is 4.88. The molecule has 0 saturated carbocycles. The van der Waals surface area contributed by atoms with Crippen LogP contribution in [0.2, 0.25) is 5.02 Å². The maximum Gasteiger partial charge on any atom is 0.261 e. The van der Waals surface area contributed by atoms with Crippen LogP contribution < -0.4 is 10.5 Å². The summed E-state index contributed by atoms with van der Waals surface area (Å²) in [7, 11) is -3.66. The van der Waals surface area contributed by atoms with Gasteiger partial charge in [-0.15, -0.1) is 0 Å². The van der Waals surface area contributed by atoms with Crippen LogP contribution in [0.1, 0.15) is 16.7 Å². The number of hydrogen-bond donors (Lipinski definition) is 2. The zero-order chi connectivity index (χ0) is 15.6. The molecule has 112 valence electrons. The van der Waals surface area contributed by atoms with Crippen LogP contribution in [0.3, 0.4) is 0 Å². The molecule has 2 aromatic rings. The summed E-state index contributed by atoms with van der Waals surface area (Å²) in [5.41, 5.74) is 8.66. The first kappa shape index (κ1) is 15.8. The van der Waals surface area contributed by atoms with E-state index in [0.717, 1.165) is 11.1 Å². The van der Waals surface area contributed by atoms with E-state index in [-0.39, 0.29) is 11.4 Å². The van der Waals surface area contributed by atoms with Gasteiger partial charge in [0.1, 0.15) is 0 Å². The van der Waals surface area contributed by atoms with Crippen molar-refractivity contribution in [3.05, 3.63) is 58.1 Å². The highest BCUT2D eigenvalue weighted by molar-refractivity contribution is 7.92. The fourth-order valence-electron chi connectivity index (χ4n) is 2.01. The van der Waals surface area contributed by atoms with Gasteiger partial charge in [0.2, 0.25) is 0 Å². The monoisotopic (exact) mass is 324 g/mol. The number of anilines is 1. The van der Waals surface area contributed by atoms with Gasteiger partial charge in [0.25, 0.3) is 10.0 Å². The lowest BCUT2D eigenvalue weighted by atomic mass is 10.1. The van der Waals surface area contributed by atoms with Crippen LogP contribution >= 0.6 is 11.6 Å². The molecule has 0 radical (unpaired) electrons. The molecule has 0 aromatic heterocycles. The molecule has 0 saturated heterocycles. The molecule has 0 spiro atoms. The van der Waals surface area contributed by atoms with Crippen LogP contribution in [0.15, 0.2) is 41.3 Å². The Morgan fingerprint density at radius 2 is 1.86 bits per heavy atom. The molecule has 0 bridgehead atoms. The van der Waals surface area contributed by atoms with Gasteiger partial charge in [0.05, 0.1) is 10.6 Å². The summed E-state index contributed by atoms with van der Waals surface area (Å²) in [6, 6.07) is 10.0. The molecule has 3 N–H and O–H groups in total. The van der Waals surface area contributed by atoms with E-state index >= 15 is 0 Å². The van der Waals surface area contributed by atoms with Crippen molar-refractivity contribution >= 4 is 27.3 Å². The molecular weight excluding hydrogens is 308 g/mol. The van der Waals surface area contributed by atoms with E-state index < -0.39 is 10.0 Å². The SMILES string of the molecule is Cc1ccc(NS(=O)(=O)c2ccc(Cl)c(CN)c2)c(C)c1. The van der Waals surface area contributed by atoms with Crippen molar-refractivity contribution in [1.82, 2.24) is 0 Å². The van der Waals surface area contributed by atoms with Gasteiger partial charge in [-0.2, -0.15) is 0 Å². The Balaban J connectivity index is 2.38. The second kappa shape index (κ2) is 6.05. The lowest BCUT2D eigenvalue weighted by Crippen LogP contribution is -2.14. The third-order valence-corrected chi connectivity index (χ3v) is 4.91. The smallest absolute Gasteiger partial charge is 0.261 e. The van der Waals surface area contributed by atoms with Gasteiger partial charge in [-0.1, -0.05) is 29.3 Å². The van der Waals surface area contributed by atoms with E-state index in [9.17, 15) is 8.42 Å². The van der Waals surface area contributed by atoms with Crippen LogP contribution in [0.4, 0.5) is 5.69 Å². The first-order valence-electron chi connectivity index (χ1n) is 6.42. The van der Waals surface area contributed by atoms with Crippen molar-refractivity contribution in [1.29, 1.82) is 0 Å². The van der Waals surface area contributed by atoms with E-state index in [2.05, 4.69) is 4.72 Å². The van der Waals surface area contributed by atoms with Crippen LogP contribution in [0.5, 0.6) is 0 Å². The Bertz CT molecular complexity index is 773. The van der Waals surface area contributed by atoms with Crippen LogP contribution in [-0.4, -0.2) is 8.42 Å². The number of sulfonamides is 1. The van der Waals surface area contributed by atoms with Crippen molar-refractivity contribution in [2.75, 3.05) is 4.72 Å². The number of aryl methyl sites for hydroxylation is 2. The predicted molar refractivity (Wildman–Crippen MR) is 86.1 cm³/mol. The first-order valence-corrected chi connectivity index (χ1v) is 8.28. The predicted octanol–water partition coefficient (Wildman–Crippen LogP) is 3.22. The van der Waals surface area contributed by atoms with Crippen molar-refractivity contribution in [3.8, 4) is 0 Å². The van der Waals surface area contributed by atoms with Gasteiger partial charge >= 0.3 is 0 Å². The average molecular weight is 325 g/mol. The standard InChI is InChI=1S/C15H17ClN2O2S/c1-10-3-6-15(11(2)7-10)18-21(19,20)13-4-5-14(16)12(8-13)9-17/h3-8,18H,9,17H2,1-2H3. The summed E-state index contributed by atoms with van der Waals surface area (Å²) in [6.45, 7) is 4.00. The van der Waals surface area contributed by atoms with Gasteiger partial charge in [0, 0.05) is 11.6 Å². The molecule has 0 aliphatic carbocycles. The first-order chi connectivity index (χ1) is 9.83. The highest BCUT2D eigenvalue weighted by Gasteiger charge is 2.16. The molecule has 2 rings (SSSR count). The molecule has 0 heterocycles. The average Bonchev–Trinajstić information content (AvgIpc) is 2.42. The molecule has 0 aliphatic heterocycles. The van der Waals surface area contributed by atoms with Gasteiger partial charge < -0.3 is 5.73 Å². The molecule has 0 fully saturated rings. The van der Waals surface area contributed by atoms with E-state index in [1.165, 1.54) is 12.1 Å². The van der Waals surface area contributed by atoms with Crippen molar-refractivity contribution in [2.45, 2.75) is 25.3 Å². The van der Waals surface area contributed by atoms with Gasteiger partial charge in [-0.3, -0.25) is 4.72 Å². The van der Waals surface area contributed by atoms with Crippen molar-refractivity contribution in [2.24, 2.45) is 5.73 Å². The van der Waals surface area contributed by atoms with Gasteiger partial charge in [-0.05, 0) is 49.2 Å². The topological polar surface area (TPSA) is 72.2 Å². The summed E-state index contributed by atoms with van der Waals surface area (Å²) in [5.74, 6) is 0. The minimum atomic E-state index is -3.66. The third-order valence-electron chi connectivity index (χ3n) is 3.17. The second-order valence-corrected chi connectivity index (χ2v) is 6.97. The maximum atomic E-state index is 12.4. The molecule has 6 heteroatoms. The van der Waals surface area contributed by atoms with Crippen LogP contribution in [0.25, 0.3) is 0 Å². The molecule has 21 heavy (non-hydrogen) atoms. The van der Waals surface area contributed by atoms with Crippen LogP contribution in [-0.2, 0) is 16.6 Å². The fraction of sp³-hybridized carbons (Fsp3) is 0.200. The summed E-state index contributed by atoms with van der Waals surface area (Å²) in [4.78, 5) is 0.146. The largest absolute Gasteiger partial charge is 0.326 e. The Morgan fingerprint density at radius 1 is 1.14 bits per heavy atom. The summed E-state index contributed by atoms with van der Waals surface area (Å²) in [6.07, 6.45) is 0. The Labute approximate surface area is 130 Å². The summed E-state index contributed by atoms with van der Waals surface area (Å²) < 4.78 is 27.4. The Hall–Kier alpha value is -1.56. The minimum Gasteiger partial charge on any atom is -0.326 e. The number of benzene rings is 2. The summed E-state index contributed by atoms with van der Waals surface area (Å²) >= 11 is 5.95. The highest BCUT2D eigenvalue weighted by Crippen LogP contribution is 2.24. The summed E-state index contributed by atoms with van der Waals surface area (Å²) in [5, 5.41) is 0.461. The Morgan fingerprint density at radius 3 is 2.48 bits per heavy atom. The van der Waals surface area contributed by atoms with E-state index in [1.807, 2.05) is 26.0 Å². The number of rotatable bonds is 4. The molecule has 0 aliphatic rings. The lowest BCUT2D eigenvalue weighted by Gasteiger charge is -2.12. The Kier molecular flexibility index (Phi) is 4.56. The molecule has 0 unspecified atom stereocenters. The third kappa shape index (κ3) is 3.56. The minimum absolute atomic E-state index is 0.146.